The highest BCUT2D eigenvalue weighted by atomic mass is 16.5. The van der Waals surface area contributed by atoms with Crippen molar-refractivity contribution in [2.24, 2.45) is 11.8 Å². The summed E-state index contributed by atoms with van der Waals surface area (Å²) in [5.74, 6) is -2.10. The van der Waals surface area contributed by atoms with Crippen molar-refractivity contribution in [2.75, 3.05) is 17.3 Å². The fourth-order valence-electron chi connectivity index (χ4n) is 8.78. The van der Waals surface area contributed by atoms with Crippen molar-refractivity contribution in [1.29, 1.82) is 0 Å². The largest absolute Gasteiger partial charge is 0.381 e. The molecule has 2 saturated carbocycles. The first-order chi connectivity index (χ1) is 30.5. The molecular formula is C49H54N8O6. The van der Waals surface area contributed by atoms with Crippen LogP contribution in [0.4, 0.5) is 11.4 Å². The summed E-state index contributed by atoms with van der Waals surface area (Å²) >= 11 is 0. The van der Waals surface area contributed by atoms with E-state index in [0.717, 1.165) is 76.8 Å². The number of nitrogens with one attached hydrogen (secondary N) is 5. The second-order valence-electron chi connectivity index (χ2n) is 16.4. The lowest BCUT2D eigenvalue weighted by Crippen LogP contribution is -2.43. The van der Waals surface area contributed by atoms with Gasteiger partial charge in [0.15, 0.2) is 0 Å². The number of amides is 4. The molecule has 2 heterocycles. The van der Waals surface area contributed by atoms with Crippen LogP contribution in [-0.4, -0.2) is 63.1 Å². The first-order valence-electron chi connectivity index (χ1n) is 21.4. The summed E-state index contributed by atoms with van der Waals surface area (Å²) < 4.78 is 0. The van der Waals surface area contributed by atoms with Crippen LogP contribution in [0.1, 0.15) is 81.8 Å². The molecule has 0 bridgehead atoms. The summed E-state index contributed by atoms with van der Waals surface area (Å²) in [5.41, 5.74) is 12.7. The van der Waals surface area contributed by atoms with Crippen LogP contribution in [0.2, 0.25) is 0 Å². The lowest BCUT2D eigenvalue weighted by Gasteiger charge is -2.22. The predicted molar refractivity (Wildman–Crippen MR) is 242 cm³/mol. The van der Waals surface area contributed by atoms with Gasteiger partial charge in [-0.05, 0) is 123 Å². The summed E-state index contributed by atoms with van der Waals surface area (Å²) in [4.78, 5) is 60.2. The van der Waals surface area contributed by atoms with Gasteiger partial charge in [-0.25, -0.2) is 11.0 Å². The molecule has 6 aromatic rings. The van der Waals surface area contributed by atoms with Crippen molar-refractivity contribution in [3.63, 3.8) is 0 Å². The number of carbonyl (C=O) groups is 4. The highest BCUT2D eigenvalue weighted by Gasteiger charge is 2.35. The standard InChI is InChI=1S/C25H28N4O3.C24H26N4O3/c1-16-14-18(20-6-3-4-8-22(20)26-16)15-29(2)19-12-10-17(11-13-19)24(30)27-23-9-5-7-21(23)25(31)28-32;1-15-13-17(19-5-2-3-7-21(19)26-15)14-25-18-11-9-16(10-12-18)23(29)27-22-8-4-6-20(22)24(30)28-31/h3-4,6,8,10-14,21,23,32H,5,7,9,15H2,1-2H3,(H,27,30)(H,28,31);2-3,5,7,9-13,20,22,25,31H,4,6,8,14H2,1H3,(H,27,29)(H,28,30)/t21-,23+;20-,22+/m00/s1. The molecule has 8 rings (SSSR count). The van der Waals surface area contributed by atoms with E-state index in [2.05, 4.69) is 55.1 Å². The molecule has 63 heavy (non-hydrogen) atoms. The number of rotatable bonds is 12. The molecule has 0 unspecified atom stereocenters. The predicted octanol–water partition coefficient (Wildman–Crippen LogP) is 7.14. The third-order valence-corrected chi connectivity index (χ3v) is 12.0. The lowest BCUT2D eigenvalue weighted by atomic mass is 10.0. The smallest absolute Gasteiger partial charge is 0.251 e. The molecule has 0 aliphatic heterocycles. The number of carbonyl (C=O) groups excluding carboxylic acids is 4. The van der Waals surface area contributed by atoms with Crippen molar-refractivity contribution in [3.8, 4) is 0 Å². The van der Waals surface area contributed by atoms with Crippen molar-refractivity contribution in [1.82, 2.24) is 31.6 Å². The highest BCUT2D eigenvalue weighted by Crippen LogP contribution is 2.28. The Morgan fingerprint density at radius 2 is 1.08 bits per heavy atom. The number of para-hydroxylation sites is 2. The summed E-state index contributed by atoms with van der Waals surface area (Å²) in [7, 11) is 2.02. The van der Waals surface area contributed by atoms with Gasteiger partial charge in [0.1, 0.15) is 0 Å². The van der Waals surface area contributed by atoms with Gasteiger partial charge in [-0.1, -0.05) is 49.2 Å². The van der Waals surface area contributed by atoms with E-state index >= 15 is 0 Å². The van der Waals surface area contributed by atoms with Crippen LogP contribution >= 0.6 is 0 Å². The number of hydrogen-bond acceptors (Lipinski definition) is 10. The molecule has 0 radical (unpaired) electrons. The molecule has 4 amide bonds. The van der Waals surface area contributed by atoms with E-state index in [0.29, 0.717) is 30.5 Å². The van der Waals surface area contributed by atoms with Gasteiger partial charge in [-0.15, -0.1) is 0 Å². The van der Waals surface area contributed by atoms with E-state index in [-0.39, 0.29) is 23.9 Å². The lowest BCUT2D eigenvalue weighted by molar-refractivity contribution is -0.134. The van der Waals surface area contributed by atoms with Crippen LogP contribution in [-0.2, 0) is 22.7 Å². The summed E-state index contributed by atoms with van der Waals surface area (Å²) in [6.07, 6.45) is 4.45. The number of nitrogens with zero attached hydrogens (tertiary/aromatic N) is 3. The normalized spacial score (nSPS) is 17.9. The average Bonchev–Trinajstić information content (AvgIpc) is 3.97. The molecule has 14 nitrogen and oxygen atoms in total. The minimum atomic E-state index is -0.443. The number of hydroxylamine groups is 2. The number of aromatic nitrogens is 2. The molecule has 4 aromatic carbocycles. The molecule has 0 saturated heterocycles. The summed E-state index contributed by atoms with van der Waals surface area (Å²) in [5, 5.41) is 29.3. The Morgan fingerprint density at radius 3 is 1.59 bits per heavy atom. The Hall–Kier alpha value is -6.90. The quantitative estimate of drug-likeness (QED) is 0.0491. The first-order valence-corrected chi connectivity index (χ1v) is 21.4. The molecule has 0 spiro atoms. The molecule has 7 N–H and O–H groups in total. The molecule has 326 valence electrons. The van der Waals surface area contributed by atoms with Gasteiger partial charge in [-0.3, -0.25) is 39.6 Å². The fraction of sp³-hybridized carbons (Fsp3) is 0.306. The van der Waals surface area contributed by atoms with E-state index in [9.17, 15) is 19.2 Å². The third kappa shape index (κ3) is 10.8. The van der Waals surface area contributed by atoms with Crippen molar-refractivity contribution < 1.29 is 29.6 Å². The van der Waals surface area contributed by atoms with E-state index in [4.69, 9.17) is 10.4 Å². The number of benzene rings is 4. The first kappa shape index (κ1) is 44.2. The third-order valence-electron chi connectivity index (χ3n) is 12.0. The SMILES string of the molecule is Cc1cc(CN(C)c2ccc(C(=O)N[C@@H]3CCC[C@@H]3C(=O)NO)cc2)c2ccccc2n1.Cc1cc(CNc2ccc(C(=O)N[C@@H]3CCC[C@@H]3C(=O)NO)cc2)c2ccccc2n1. The van der Waals surface area contributed by atoms with Gasteiger partial charge in [-0.2, -0.15) is 0 Å². The Balaban J connectivity index is 0.000000189. The molecule has 4 atom stereocenters. The molecule has 2 aromatic heterocycles. The van der Waals surface area contributed by atoms with Crippen LogP contribution in [0.3, 0.4) is 0 Å². The van der Waals surface area contributed by atoms with Crippen molar-refractivity contribution >= 4 is 56.8 Å². The second kappa shape index (κ2) is 20.3. The number of fused-ring (bicyclic) bond motifs is 2. The molecular weight excluding hydrogens is 797 g/mol. The monoisotopic (exact) mass is 850 g/mol. The van der Waals surface area contributed by atoms with Gasteiger partial charge < -0.3 is 20.9 Å². The average molecular weight is 851 g/mol. The zero-order chi connectivity index (χ0) is 44.5. The summed E-state index contributed by atoms with van der Waals surface area (Å²) in [6.45, 7) is 5.36. The van der Waals surface area contributed by atoms with Crippen LogP contribution in [0.15, 0.2) is 109 Å². The topological polar surface area (TPSA) is 198 Å². The van der Waals surface area contributed by atoms with Crippen molar-refractivity contribution in [3.05, 3.63) is 143 Å². The molecule has 2 aliphatic rings. The molecule has 2 fully saturated rings. The van der Waals surface area contributed by atoms with Gasteiger partial charge >= 0.3 is 0 Å². The van der Waals surface area contributed by atoms with E-state index in [1.54, 1.807) is 35.2 Å². The van der Waals surface area contributed by atoms with Gasteiger partial charge in [0.25, 0.3) is 11.8 Å². The Kier molecular flexibility index (Phi) is 14.2. The second-order valence-corrected chi connectivity index (χ2v) is 16.4. The molecule has 2 aliphatic carbocycles. The van der Waals surface area contributed by atoms with Gasteiger partial charge in [0.2, 0.25) is 11.8 Å². The van der Waals surface area contributed by atoms with Crippen LogP contribution in [0, 0.1) is 25.7 Å². The maximum atomic E-state index is 12.7. The number of aryl methyl sites for hydroxylation is 2. The van der Waals surface area contributed by atoms with E-state index < -0.39 is 23.7 Å². The Labute approximate surface area is 366 Å². The highest BCUT2D eigenvalue weighted by molar-refractivity contribution is 5.96. The zero-order valence-electron chi connectivity index (χ0n) is 35.7. The maximum absolute atomic E-state index is 12.7. The Bertz CT molecular complexity index is 2580. The minimum absolute atomic E-state index is 0.211. The van der Waals surface area contributed by atoms with Crippen molar-refractivity contribution in [2.45, 2.75) is 77.5 Å². The fourth-order valence-corrected chi connectivity index (χ4v) is 8.78. The zero-order valence-corrected chi connectivity index (χ0v) is 35.7. The number of pyridine rings is 2. The number of anilines is 2. The van der Waals surface area contributed by atoms with E-state index in [1.165, 1.54) is 11.1 Å². The van der Waals surface area contributed by atoms with Gasteiger partial charge in [0, 0.05) is 76.9 Å². The Morgan fingerprint density at radius 1 is 0.619 bits per heavy atom. The maximum Gasteiger partial charge on any atom is 0.251 e. The van der Waals surface area contributed by atoms with E-state index in [1.807, 2.05) is 81.6 Å². The summed E-state index contributed by atoms with van der Waals surface area (Å²) in [6, 6.07) is 34.6. The van der Waals surface area contributed by atoms with Crippen LogP contribution in [0.5, 0.6) is 0 Å². The number of hydrogen-bond donors (Lipinski definition) is 7. The van der Waals surface area contributed by atoms with Crippen LogP contribution < -0.4 is 31.8 Å². The molecule has 14 heteroatoms. The van der Waals surface area contributed by atoms with Crippen LogP contribution in [0.25, 0.3) is 21.8 Å². The minimum Gasteiger partial charge on any atom is -0.381 e. The van der Waals surface area contributed by atoms with Gasteiger partial charge in [0.05, 0.1) is 22.9 Å².